The highest BCUT2D eigenvalue weighted by Gasteiger charge is 2.20. The van der Waals surface area contributed by atoms with Crippen molar-refractivity contribution in [1.82, 2.24) is 10.2 Å². The maximum atomic E-state index is 11.6. The summed E-state index contributed by atoms with van der Waals surface area (Å²) in [5.74, 6) is 0. The summed E-state index contributed by atoms with van der Waals surface area (Å²) in [6, 6.07) is 15.1. The second kappa shape index (κ2) is 6.63. The lowest BCUT2D eigenvalue weighted by atomic mass is 9.92. The Bertz CT molecular complexity index is 1160. The minimum absolute atomic E-state index is 0.289. The molecule has 0 saturated heterocycles. The average molecular weight is 378 g/mol. The van der Waals surface area contributed by atoms with E-state index in [9.17, 15) is 13.7 Å². The van der Waals surface area contributed by atoms with Gasteiger partial charge in [-0.3, -0.25) is 0 Å². The Hall–Kier alpha value is -2.98. The molecule has 2 aromatic carbocycles. The monoisotopic (exact) mass is 378 g/mol. The predicted molar refractivity (Wildman–Crippen MR) is 104 cm³/mol. The fourth-order valence-corrected chi connectivity index (χ4v) is 3.79. The van der Waals surface area contributed by atoms with Crippen molar-refractivity contribution in [2.75, 3.05) is 11.6 Å². The van der Waals surface area contributed by atoms with E-state index in [-0.39, 0.29) is 4.90 Å². The lowest BCUT2D eigenvalue weighted by Gasteiger charge is -2.28. The first kappa shape index (κ1) is 17.4. The molecule has 0 amide bonds. The van der Waals surface area contributed by atoms with Gasteiger partial charge in [0, 0.05) is 17.7 Å². The van der Waals surface area contributed by atoms with Crippen molar-refractivity contribution < 1.29 is 8.42 Å². The van der Waals surface area contributed by atoms with E-state index in [0.29, 0.717) is 17.3 Å². The van der Waals surface area contributed by atoms with Gasteiger partial charge < -0.3 is 5.32 Å². The number of hydrogen-bond donors (Lipinski definition) is 1. The maximum Gasteiger partial charge on any atom is 0.186 e. The van der Waals surface area contributed by atoms with Gasteiger partial charge in [0.15, 0.2) is 15.5 Å². The Labute approximate surface area is 157 Å². The molecule has 0 atom stereocenters. The molecule has 7 heteroatoms. The average Bonchev–Trinajstić information content (AvgIpc) is 2.63. The standard InChI is InChI=1S/C20H18N4O2S/c1-27(25,26)16-8-5-13(6-9-16)14-7-10-17-18(11-14)23-24-19(12-21)20(17)22-15-3-2-4-15/h5-11,15H,2-4H2,1H3,(H,22,23). The molecule has 1 heterocycles. The molecule has 0 unspecified atom stereocenters. The summed E-state index contributed by atoms with van der Waals surface area (Å²) < 4.78 is 23.2. The number of sulfone groups is 1. The second-order valence-electron chi connectivity index (χ2n) is 6.84. The minimum atomic E-state index is -3.22. The number of nitrogens with one attached hydrogen (secondary N) is 1. The number of aromatic nitrogens is 2. The Morgan fingerprint density at radius 3 is 2.37 bits per heavy atom. The van der Waals surface area contributed by atoms with Crippen molar-refractivity contribution in [2.45, 2.75) is 30.2 Å². The summed E-state index contributed by atoms with van der Waals surface area (Å²) >= 11 is 0. The molecule has 6 nitrogen and oxygen atoms in total. The Balaban J connectivity index is 1.75. The van der Waals surface area contributed by atoms with Crippen LogP contribution < -0.4 is 5.32 Å². The van der Waals surface area contributed by atoms with Crippen molar-refractivity contribution >= 4 is 26.4 Å². The van der Waals surface area contributed by atoms with Crippen LogP contribution in [0.25, 0.3) is 22.0 Å². The molecule has 1 aliphatic rings. The van der Waals surface area contributed by atoms with Crippen LogP contribution in [0.5, 0.6) is 0 Å². The summed E-state index contributed by atoms with van der Waals surface area (Å²) in [6.07, 6.45) is 4.58. The van der Waals surface area contributed by atoms with Gasteiger partial charge in [-0.1, -0.05) is 18.2 Å². The molecule has 1 aromatic heterocycles. The number of rotatable bonds is 4. The molecule has 136 valence electrons. The largest absolute Gasteiger partial charge is 0.379 e. The van der Waals surface area contributed by atoms with E-state index in [4.69, 9.17) is 0 Å². The van der Waals surface area contributed by atoms with E-state index in [1.165, 1.54) is 12.7 Å². The predicted octanol–water partition coefficient (Wildman–Crippen LogP) is 3.54. The first-order valence-electron chi connectivity index (χ1n) is 8.73. The van der Waals surface area contributed by atoms with Gasteiger partial charge in [0.05, 0.1) is 16.1 Å². The Morgan fingerprint density at radius 2 is 1.78 bits per heavy atom. The van der Waals surface area contributed by atoms with Gasteiger partial charge in [-0.2, -0.15) is 5.26 Å². The molecule has 1 aliphatic carbocycles. The molecule has 0 bridgehead atoms. The molecule has 4 rings (SSSR count). The fourth-order valence-electron chi connectivity index (χ4n) is 3.16. The first-order valence-corrected chi connectivity index (χ1v) is 10.6. The summed E-state index contributed by atoms with van der Waals surface area (Å²) in [4.78, 5) is 0.289. The van der Waals surface area contributed by atoms with Crippen molar-refractivity contribution in [1.29, 1.82) is 5.26 Å². The lowest BCUT2D eigenvalue weighted by molar-refractivity contribution is 0.445. The molecule has 0 spiro atoms. The summed E-state index contributed by atoms with van der Waals surface area (Å²) in [6.45, 7) is 0. The zero-order chi connectivity index (χ0) is 19.0. The van der Waals surface area contributed by atoms with E-state index in [1.807, 2.05) is 18.2 Å². The number of nitriles is 1. The van der Waals surface area contributed by atoms with Gasteiger partial charge in [-0.05, 0) is 54.7 Å². The van der Waals surface area contributed by atoms with E-state index in [2.05, 4.69) is 21.6 Å². The smallest absolute Gasteiger partial charge is 0.186 e. The third-order valence-electron chi connectivity index (χ3n) is 4.94. The number of benzene rings is 2. The van der Waals surface area contributed by atoms with Crippen LogP contribution in [0.4, 0.5) is 5.69 Å². The number of fused-ring (bicyclic) bond motifs is 1. The van der Waals surface area contributed by atoms with Crippen molar-refractivity contribution in [3.8, 4) is 17.2 Å². The summed E-state index contributed by atoms with van der Waals surface area (Å²) in [5.41, 5.74) is 3.55. The minimum Gasteiger partial charge on any atom is -0.379 e. The molecular weight excluding hydrogens is 360 g/mol. The third kappa shape index (κ3) is 3.36. The van der Waals surface area contributed by atoms with Crippen LogP contribution in [0.2, 0.25) is 0 Å². The third-order valence-corrected chi connectivity index (χ3v) is 6.07. The van der Waals surface area contributed by atoms with Crippen LogP contribution in [0, 0.1) is 11.3 Å². The van der Waals surface area contributed by atoms with Gasteiger partial charge >= 0.3 is 0 Å². The zero-order valence-corrected chi connectivity index (χ0v) is 15.6. The van der Waals surface area contributed by atoms with Crippen molar-refractivity contribution in [3.05, 3.63) is 48.2 Å². The topological polar surface area (TPSA) is 95.7 Å². The molecule has 27 heavy (non-hydrogen) atoms. The Morgan fingerprint density at radius 1 is 1.07 bits per heavy atom. The van der Waals surface area contributed by atoms with Crippen molar-refractivity contribution in [3.63, 3.8) is 0 Å². The summed E-state index contributed by atoms with van der Waals surface area (Å²) in [7, 11) is -3.22. The number of hydrogen-bond acceptors (Lipinski definition) is 6. The van der Waals surface area contributed by atoms with Crippen LogP contribution >= 0.6 is 0 Å². The summed E-state index contributed by atoms with van der Waals surface area (Å²) in [5, 5.41) is 21.9. The highest BCUT2D eigenvalue weighted by Crippen LogP contribution is 2.32. The first-order chi connectivity index (χ1) is 13.0. The maximum absolute atomic E-state index is 11.6. The van der Waals surface area contributed by atoms with Crippen LogP contribution in [0.15, 0.2) is 47.4 Å². The van der Waals surface area contributed by atoms with Crippen LogP contribution in [0.1, 0.15) is 25.0 Å². The lowest BCUT2D eigenvalue weighted by Crippen LogP contribution is -2.27. The van der Waals surface area contributed by atoms with Gasteiger partial charge in [0.2, 0.25) is 0 Å². The second-order valence-corrected chi connectivity index (χ2v) is 8.85. The molecule has 1 N–H and O–H groups in total. The van der Waals surface area contributed by atoms with Crippen molar-refractivity contribution in [2.24, 2.45) is 0 Å². The number of anilines is 1. The highest BCUT2D eigenvalue weighted by atomic mass is 32.2. The normalized spacial score (nSPS) is 14.5. The van der Waals surface area contributed by atoms with Gasteiger partial charge in [-0.25, -0.2) is 8.42 Å². The molecule has 1 saturated carbocycles. The van der Waals surface area contributed by atoms with Crippen LogP contribution in [0.3, 0.4) is 0 Å². The highest BCUT2D eigenvalue weighted by molar-refractivity contribution is 7.90. The molecule has 3 aromatic rings. The molecule has 1 fully saturated rings. The molecule has 0 radical (unpaired) electrons. The Kier molecular flexibility index (Phi) is 4.28. The van der Waals surface area contributed by atoms with E-state index in [1.54, 1.807) is 24.3 Å². The van der Waals surface area contributed by atoms with E-state index in [0.717, 1.165) is 35.0 Å². The van der Waals surface area contributed by atoms with Gasteiger partial charge in [0.1, 0.15) is 6.07 Å². The van der Waals surface area contributed by atoms with Gasteiger partial charge in [0.25, 0.3) is 0 Å². The fraction of sp³-hybridized carbons (Fsp3) is 0.250. The number of nitrogens with zero attached hydrogens (tertiary/aromatic N) is 3. The van der Waals surface area contributed by atoms with E-state index < -0.39 is 9.84 Å². The molecular formula is C20H18N4O2S. The van der Waals surface area contributed by atoms with Crippen LogP contribution in [-0.4, -0.2) is 30.9 Å². The van der Waals surface area contributed by atoms with Crippen LogP contribution in [-0.2, 0) is 9.84 Å². The zero-order valence-electron chi connectivity index (χ0n) is 14.8. The van der Waals surface area contributed by atoms with E-state index >= 15 is 0 Å². The molecule has 0 aliphatic heterocycles. The quantitative estimate of drug-likeness (QED) is 0.746. The SMILES string of the molecule is CS(=O)(=O)c1ccc(-c2ccc3c(NC4CCC4)c(C#N)nnc3c2)cc1. The van der Waals surface area contributed by atoms with Gasteiger partial charge in [-0.15, -0.1) is 10.2 Å².